The topological polar surface area (TPSA) is 51.5 Å². The first kappa shape index (κ1) is 14.8. The summed E-state index contributed by atoms with van der Waals surface area (Å²) in [4.78, 5) is 11.8. The first-order valence-electron chi connectivity index (χ1n) is 5.97. The molecule has 1 aromatic carbocycles. The lowest BCUT2D eigenvalue weighted by Crippen LogP contribution is -2.31. The molecule has 1 N–H and O–H groups in total. The van der Waals surface area contributed by atoms with Crippen LogP contribution in [-0.4, -0.2) is 12.5 Å². The molecule has 0 aliphatic rings. The lowest BCUT2D eigenvalue weighted by atomic mass is 10.2. The van der Waals surface area contributed by atoms with Crippen molar-refractivity contribution in [2.45, 2.75) is 13.0 Å². The van der Waals surface area contributed by atoms with Crippen LogP contribution in [0.4, 0.5) is 0 Å². The van der Waals surface area contributed by atoms with Gasteiger partial charge in [-0.15, -0.1) is 0 Å². The fraction of sp³-hybridized carbons (Fsp3) is 0.214. The summed E-state index contributed by atoms with van der Waals surface area (Å²) < 4.78 is 10.5. The van der Waals surface area contributed by atoms with Gasteiger partial charge in [-0.05, 0) is 31.2 Å². The van der Waals surface area contributed by atoms with Gasteiger partial charge in [0.1, 0.15) is 11.5 Å². The molecule has 0 aliphatic heterocycles. The molecular formula is C14H13Cl2NO3. The van der Waals surface area contributed by atoms with E-state index in [-0.39, 0.29) is 18.6 Å². The van der Waals surface area contributed by atoms with E-state index in [0.29, 0.717) is 21.6 Å². The molecule has 0 saturated carbocycles. The van der Waals surface area contributed by atoms with Crippen LogP contribution in [0.25, 0.3) is 0 Å². The Kier molecular flexibility index (Phi) is 4.93. The molecule has 4 nitrogen and oxygen atoms in total. The largest absolute Gasteiger partial charge is 0.482 e. The molecule has 0 spiro atoms. The van der Waals surface area contributed by atoms with Crippen LogP contribution in [0.2, 0.25) is 10.0 Å². The van der Waals surface area contributed by atoms with Crippen molar-refractivity contribution in [3.63, 3.8) is 0 Å². The summed E-state index contributed by atoms with van der Waals surface area (Å²) in [7, 11) is 0. The van der Waals surface area contributed by atoms with Gasteiger partial charge < -0.3 is 14.5 Å². The number of halogens is 2. The Hall–Kier alpha value is -1.65. The lowest BCUT2D eigenvalue weighted by Gasteiger charge is -2.12. The number of amides is 1. The van der Waals surface area contributed by atoms with E-state index in [4.69, 9.17) is 32.4 Å². The number of ether oxygens (including phenoxy) is 1. The summed E-state index contributed by atoms with van der Waals surface area (Å²) in [6.45, 7) is 1.67. The third-order valence-electron chi connectivity index (χ3n) is 2.60. The number of nitrogens with one attached hydrogen (secondary N) is 1. The van der Waals surface area contributed by atoms with Crippen LogP contribution in [-0.2, 0) is 4.79 Å². The summed E-state index contributed by atoms with van der Waals surface area (Å²) in [5.74, 6) is 0.782. The second-order valence-electron chi connectivity index (χ2n) is 4.17. The highest BCUT2D eigenvalue weighted by atomic mass is 35.5. The van der Waals surface area contributed by atoms with E-state index < -0.39 is 0 Å². The highest BCUT2D eigenvalue weighted by Gasteiger charge is 2.13. The van der Waals surface area contributed by atoms with Crippen LogP contribution >= 0.6 is 23.2 Å². The monoisotopic (exact) mass is 313 g/mol. The van der Waals surface area contributed by atoms with Gasteiger partial charge in [-0.2, -0.15) is 0 Å². The quantitative estimate of drug-likeness (QED) is 0.912. The van der Waals surface area contributed by atoms with Gasteiger partial charge in [0.2, 0.25) is 0 Å². The third-order valence-corrected chi connectivity index (χ3v) is 3.15. The summed E-state index contributed by atoms with van der Waals surface area (Å²) in [6.07, 6.45) is 1.56. The summed E-state index contributed by atoms with van der Waals surface area (Å²) in [5, 5.41) is 3.65. The van der Waals surface area contributed by atoms with Gasteiger partial charge in [0.15, 0.2) is 6.61 Å². The average Bonchev–Trinajstić information content (AvgIpc) is 2.94. The van der Waals surface area contributed by atoms with Crippen molar-refractivity contribution < 1.29 is 13.9 Å². The molecule has 1 aromatic heterocycles. The van der Waals surface area contributed by atoms with Crippen molar-refractivity contribution in [1.29, 1.82) is 0 Å². The Balaban J connectivity index is 1.87. The first-order valence-corrected chi connectivity index (χ1v) is 6.72. The van der Waals surface area contributed by atoms with Crippen molar-refractivity contribution in [1.82, 2.24) is 5.32 Å². The molecule has 20 heavy (non-hydrogen) atoms. The highest BCUT2D eigenvalue weighted by Crippen LogP contribution is 2.27. The number of carbonyl (C=O) groups is 1. The standard InChI is InChI=1S/C14H13Cl2NO3/c1-9(12-3-2-6-19-12)17-14(18)8-20-13-7-10(15)4-5-11(13)16/h2-7,9H,8H2,1H3,(H,17,18). The normalized spacial score (nSPS) is 11.9. The molecule has 6 heteroatoms. The first-order chi connectivity index (χ1) is 9.56. The number of carbonyl (C=O) groups excluding carboxylic acids is 1. The fourth-order valence-electron chi connectivity index (χ4n) is 1.62. The summed E-state index contributed by atoms with van der Waals surface area (Å²) >= 11 is 11.8. The average molecular weight is 314 g/mol. The molecule has 0 radical (unpaired) electrons. The molecule has 106 valence electrons. The van der Waals surface area contributed by atoms with Crippen LogP contribution in [0, 0.1) is 0 Å². The predicted molar refractivity (Wildman–Crippen MR) is 77.2 cm³/mol. The minimum absolute atomic E-state index is 0.148. The van der Waals surface area contributed by atoms with Gasteiger partial charge in [-0.25, -0.2) is 0 Å². The minimum atomic E-state index is -0.273. The minimum Gasteiger partial charge on any atom is -0.482 e. The maximum absolute atomic E-state index is 11.8. The van der Waals surface area contributed by atoms with Gasteiger partial charge >= 0.3 is 0 Å². The Morgan fingerprint density at radius 1 is 1.40 bits per heavy atom. The smallest absolute Gasteiger partial charge is 0.258 e. The van der Waals surface area contributed by atoms with Gasteiger partial charge in [-0.1, -0.05) is 23.2 Å². The number of hydrogen-bond donors (Lipinski definition) is 1. The molecule has 0 aliphatic carbocycles. The number of rotatable bonds is 5. The molecular weight excluding hydrogens is 301 g/mol. The van der Waals surface area contributed by atoms with E-state index in [2.05, 4.69) is 5.32 Å². The Morgan fingerprint density at radius 3 is 2.90 bits per heavy atom. The van der Waals surface area contributed by atoms with Crippen molar-refractivity contribution in [3.8, 4) is 5.75 Å². The van der Waals surface area contributed by atoms with Crippen LogP contribution in [0.3, 0.4) is 0 Å². The molecule has 0 saturated heterocycles. The molecule has 2 aromatic rings. The SMILES string of the molecule is CC(NC(=O)COc1cc(Cl)ccc1Cl)c1ccco1. The predicted octanol–water partition coefficient (Wildman–Crippen LogP) is 3.84. The summed E-state index contributed by atoms with van der Waals surface area (Å²) in [5.41, 5.74) is 0. The van der Waals surface area contributed by atoms with Gasteiger partial charge in [-0.3, -0.25) is 4.79 Å². The third kappa shape index (κ3) is 3.92. The van der Waals surface area contributed by atoms with Gasteiger partial charge in [0.25, 0.3) is 5.91 Å². The van der Waals surface area contributed by atoms with Crippen molar-refractivity contribution >= 4 is 29.1 Å². The lowest BCUT2D eigenvalue weighted by molar-refractivity contribution is -0.123. The van der Waals surface area contributed by atoms with Gasteiger partial charge in [0, 0.05) is 11.1 Å². The Labute approximate surface area is 126 Å². The van der Waals surface area contributed by atoms with E-state index >= 15 is 0 Å². The Morgan fingerprint density at radius 2 is 2.20 bits per heavy atom. The van der Waals surface area contributed by atoms with Crippen LogP contribution in [0.15, 0.2) is 41.0 Å². The van der Waals surface area contributed by atoms with E-state index in [1.165, 1.54) is 0 Å². The second-order valence-corrected chi connectivity index (χ2v) is 5.01. The Bertz CT molecular complexity index is 584. The van der Waals surface area contributed by atoms with E-state index in [1.807, 2.05) is 6.92 Å². The maximum atomic E-state index is 11.8. The zero-order valence-electron chi connectivity index (χ0n) is 10.7. The molecule has 0 fully saturated rings. The molecule has 1 unspecified atom stereocenters. The summed E-state index contributed by atoms with van der Waals surface area (Å²) in [6, 6.07) is 8.15. The molecule has 0 bridgehead atoms. The number of hydrogen-bond acceptors (Lipinski definition) is 3. The van der Waals surface area contributed by atoms with Crippen molar-refractivity contribution in [2.24, 2.45) is 0 Å². The number of furan rings is 1. The number of benzene rings is 1. The fourth-order valence-corrected chi connectivity index (χ4v) is 1.96. The van der Waals surface area contributed by atoms with Crippen molar-refractivity contribution in [3.05, 3.63) is 52.4 Å². The van der Waals surface area contributed by atoms with Crippen molar-refractivity contribution in [2.75, 3.05) is 6.61 Å². The van der Waals surface area contributed by atoms with Crippen LogP contribution in [0.1, 0.15) is 18.7 Å². The highest BCUT2D eigenvalue weighted by molar-refractivity contribution is 6.34. The molecule has 2 rings (SSSR count). The van der Waals surface area contributed by atoms with Crippen LogP contribution in [0.5, 0.6) is 5.75 Å². The van der Waals surface area contributed by atoms with E-state index in [1.54, 1.807) is 36.6 Å². The van der Waals surface area contributed by atoms with E-state index in [9.17, 15) is 4.79 Å². The second kappa shape index (κ2) is 6.68. The van der Waals surface area contributed by atoms with E-state index in [0.717, 1.165) is 0 Å². The zero-order valence-corrected chi connectivity index (χ0v) is 12.2. The molecule has 1 amide bonds. The molecule has 1 atom stereocenters. The van der Waals surface area contributed by atoms with Gasteiger partial charge in [0.05, 0.1) is 17.3 Å². The maximum Gasteiger partial charge on any atom is 0.258 e. The zero-order chi connectivity index (χ0) is 14.5. The van der Waals surface area contributed by atoms with Crippen LogP contribution < -0.4 is 10.1 Å². The molecule has 1 heterocycles.